The van der Waals surface area contributed by atoms with Gasteiger partial charge in [0.25, 0.3) is 0 Å². The van der Waals surface area contributed by atoms with Crippen LogP contribution in [0.25, 0.3) is 5.69 Å². The van der Waals surface area contributed by atoms with Crippen molar-refractivity contribution in [2.45, 2.75) is 19.5 Å². The summed E-state index contributed by atoms with van der Waals surface area (Å²) in [7, 11) is 1.64. The van der Waals surface area contributed by atoms with Crippen LogP contribution in [0.1, 0.15) is 12.6 Å². The highest BCUT2D eigenvalue weighted by Gasteiger charge is 2.32. The molecule has 3 aromatic rings. The van der Waals surface area contributed by atoms with Gasteiger partial charge in [-0.3, -0.25) is 9.69 Å². The molecule has 6 heteroatoms. The number of benzene rings is 2. The molecule has 1 unspecified atom stereocenters. The Morgan fingerprint density at radius 2 is 1.75 bits per heavy atom. The number of aromatic nitrogens is 2. The summed E-state index contributed by atoms with van der Waals surface area (Å²) in [5, 5.41) is 4.46. The first-order valence-corrected chi connectivity index (χ1v) is 9.45. The predicted octanol–water partition coefficient (Wildman–Crippen LogP) is 3.12. The standard InChI is InChI=1S/C22H24N4O2/c1-17-22(27)25(18-8-10-21(28-2)11-9-18)15-14-24(17)16-20-12-13-23-26(20)19-6-4-3-5-7-19/h3-13,17H,14-16H2,1-2H3. The van der Waals surface area contributed by atoms with Crippen molar-refractivity contribution >= 4 is 11.6 Å². The highest BCUT2D eigenvalue weighted by molar-refractivity contribution is 5.97. The van der Waals surface area contributed by atoms with Gasteiger partial charge in [0, 0.05) is 31.5 Å². The second-order valence-corrected chi connectivity index (χ2v) is 6.90. The van der Waals surface area contributed by atoms with Gasteiger partial charge in [0.2, 0.25) is 5.91 Å². The van der Waals surface area contributed by atoms with Gasteiger partial charge < -0.3 is 9.64 Å². The number of ether oxygens (including phenoxy) is 1. The van der Waals surface area contributed by atoms with Gasteiger partial charge in [-0.15, -0.1) is 0 Å². The smallest absolute Gasteiger partial charge is 0.244 e. The molecule has 0 aliphatic carbocycles. The fourth-order valence-electron chi connectivity index (χ4n) is 3.61. The van der Waals surface area contributed by atoms with Crippen LogP contribution in [0, 0.1) is 0 Å². The van der Waals surface area contributed by atoms with E-state index in [-0.39, 0.29) is 11.9 Å². The molecule has 1 aliphatic heterocycles. The summed E-state index contributed by atoms with van der Waals surface area (Å²) in [5.41, 5.74) is 3.01. The molecule has 1 saturated heterocycles. The summed E-state index contributed by atoms with van der Waals surface area (Å²) in [5.74, 6) is 0.902. The molecule has 6 nitrogen and oxygen atoms in total. The van der Waals surface area contributed by atoms with Crippen molar-refractivity contribution in [1.82, 2.24) is 14.7 Å². The first-order chi connectivity index (χ1) is 13.7. The second-order valence-electron chi connectivity index (χ2n) is 6.90. The second kappa shape index (κ2) is 7.86. The van der Waals surface area contributed by atoms with Gasteiger partial charge in [-0.05, 0) is 49.4 Å². The third-order valence-corrected chi connectivity index (χ3v) is 5.25. The zero-order valence-corrected chi connectivity index (χ0v) is 16.2. The molecule has 0 bridgehead atoms. The molecule has 0 radical (unpaired) electrons. The zero-order valence-electron chi connectivity index (χ0n) is 16.2. The molecule has 1 amide bonds. The Morgan fingerprint density at radius 3 is 2.46 bits per heavy atom. The third-order valence-electron chi connectivity index (χ3n) is 5.25. The third kappa shape index (κ3) is 3.51. The van der Waals surface area contributed by atoms with Crippen LogP contribution in [0.5, 0.6) is 5.75 Å². The minimum atomic E-state index is -0.199. The lowest BCUT2D eigenvalue weighted by Gasteiger charge is -2.39. The van der Waals surface area contributed by atoms with E-state index in [1.54, 1.807) is 7.11 Å². The number of piperazine rings is 1. The fraction of sp³-hybridized carbons (Fsp3) is 0.273. The molecule has 1 aromatic heterocycles. The Labute approximate surface area is 164 Å². The number of hydrogen-bond donors (Lipinski definition) is 0. The summed E-state index contributed by atoms with van der Waals surface area (Å²) < 4.78 is 7.15. The van der Waals surface area contributed by atoms with Gasteiger partial charge in [-0.1, -0.05) is 18.2 Å². The summed E-state index contributed by atoms with van der Waals surface area (Å²) >= 11 is 0. The van der Waals surface area contributed by atoms with E-state index in [0.717, 1.165) is 29.4 Å². The zero-order chi connectivity index (χ0) is 19.5. The van der Waals surface area contributed by atoms with E-state index < -0.39 is 0 Å². The molecule has 0 saturated carbocycles. The first kappa shape index (κ1) is 18.3. The lowest BCUT2D eigenvalue weighted by molar-refractivity contribution is -0.125. The predicted molar refractivity (Wildman–Crippen MR) is 109 cm³/mol. The van der Waals surface area contributed by atoms with Crippen molar-refractivity contribution in [2.75, 3.05) is 25.1 Å². The molecule has 2 aromatic carbocycles. The highest BCUT2D eigenvalue weighted by Crippen LogP contribution is 2.24. The van der Waals surface area contributed by atoms with E-state index in [0.29, 0.717) is 13.1 Å². The Kier molecular flexibility index (Phi) is 5.12. The topological polar surface area (TPSA) is 50.6 Å². The Balaban J connectivity index is 1.49. The molecule has 0 N–H and O–H groups in total. The molecular weight excluding hydrogens is 352 g/mol. The summed E-state index contributed by atoms with van der Waals surface area (Å²) in [4.78, 5) is 17.1. The van der Waals surface area contributed by atoms with E-state index in [4.69, 9.17) is 4.74 Å². The minimum absolute atomic E-state index is 0.113. The number of rotatable bonds is 5. The van der Waals surface area contributed by atoms with Crippen LogP contribution in [0.4, 0.5) is 5.69 Å². The Morgan fingerprint density at radius 1 is 1.00 bits per heavy atom. The number of amides is 1. The molecule has 1 fully saturated rings. The fourth-order valence-corrected chi connectivity index (χ4v) is 3.61. The first-order valence-electron chi connectivity index (χ1n) is 9.45. The van der Waals surface area contributed by atoms with Crippen molar-refractivity contribution < 1.29 is 9.53 Å². The summed E-state index contributed by atoms with van der Waals surface area (Å²) in [6.07, 6.45) is 1.81. The Bertz CT molecular complexity index is 937. The maximum Gasteiger partial charge on any atom is 0.244 e. The van der Waals surface area contributed by atoms with Crippen molar-refractivity contribution in [2.24, 2.45) is 0 Å². The lowest BCUT2D eigenvalue weighted by Crippen LogP contribution is -2.55. The molecule has 2 heterocycles. The number of anilines is 1. The Hall–Kier alpha value is -3.12. The van der Waals surface area contributed by atoms with Crippen molar-refractivity contribution in [1.29, 1.82) is 0 Å². The maximum atomic E-state index is 13.0. The van der Waals surface area contributed by atoms with Crippen LogP contribution in [0.2, 0.25) is 0 Å². The molecule has 28 heavy (non-hydrogen) atoms. The molecule has 4 rings (SSSR count). The minimum Gasteiger partial charge on any atom is -0.497 e. The number of nitrogens with zero attached hydrogens (tertiary/aromatic N) is 4. The number of para-hydroxylation sites is 1. The summed E-state index contributed by atoms with van der Waals surface area (Å²) in [6.45, 7) is 4.12. The number of methoxy groups -OCH3 is 1. The molecule has 0 spiro atoms. The van der Waals surface area contributed by atoms with E-state index in [1.165, 1.54) is 0 Å². The van der Waals surface area contributed by atoms with Gasteiger partial charge in [0.05, 0.1) is 24.5 Å². The quantitative estimate of drug-likeness (QED) is 0.687. The van der Waals surface area contributed by atoms with Gasteiger partial charge in [0.1, 0.15) is 5.75 Å². The monoisotopic (exact) mass is 376 g/mol. The van der Waals surface area contributed by atoms with Crippen molar-refractivity contribution in [3.63, 3.8) is 0 Å². The average molecular weight is 376 g/mol. The van der Waals surface area contributed by atoms with Crippen LogP contribution in [-0.2, 0) is 11.3 Å². The van der Waals surface area contributed by atoms with Crippen LogP contribution >= 0.6 is 0 Å². The van der Waals surface area contributed by atoms with E-state index in [1.807, 2.05) is 83.4 Å². The normalized spacial score (nSPS) is 17.7. The van der Waals surface area contributed by atoms with Crippen LogP contribution in [-0.4, -0.2) is 46.8 Å². The van der Waals surface area contributed by atoms with Gasteiger partial charge >= 0.3 is 0 Å². The highest BCUT2D eigenvalue weighted by atomic mass is 16.5. The summed E-state index contributed by atoms with van der Waals surface area (Å²) in [6, 6.07) is 19.5. The van der Waals surface area contributed by atoms with Gasteiger partial charge in [0.15, 0.2) is 0 Å². The van der Waals surface area contributed by atoms with Crippen LogP contribution in [0.15, 0.2) is 66.9 Å². The van der Waals surface area contributed by atoms with E-state index >= 15 is 0 Å². The van der Waals surface area contributed by atoms with Gasteiger partial charge in [-0.2, -0.15) is 5.10 Å². The number of hydrogen-bond acceptors (Lipinski definition) is 4. The molecule has 1 aliphatic rings. The van der Waals surface area contributed by atoms with E-state index in [9.17, 15) is 4.79 Å². The number of carbonyl (C=O) groups is 1. The molecular formula is C22H24N4O2. The largest absolute Gasteiger partial charge is 0.497 e. The van der Waals surface area contributed by atoms with Crippen molar-refractivity contribution in [3.05, 3.63) is 72.6 Å². The van der Waals surface area contributed by atoms with E-state index in [2.05, 4.69) is 10.00 Å². The average Bonchev–Trinajstić information content (AvgIpc) is 3.21. The number of carbonyl (C=O) groups excluding carboxylic acids is 1. The SMILES string of the molecule is COc1ccc(N2CCN(Cc3ccnn3-c3ccccc3)C(C)C2=O)cc1. The maximum absolute atomic E-state index is 13.0. The molecule has 1 atom stereocenters. The van der Waals surface area contributed by atoms with Crippen molar-refractivity contribution in [3.8, 4) is 11.4 Å². The van der Waals surface area contributed by atoms with Crippen LogP contribution in [0.3, 0.4) is 0 Å². The molecule has 144 valence electrons. The van der Waals surface area contributed by atoms with Crippen LogP contribution < -0.4 is 9.64 Å². The lowest BCUT2D eigenvalue weighted by atomic mass is 10.1. The van der Waals surface area contributed by atoms with Gasteiger partial charge in [-0.25, -0.2) is 4.68 Å².